The van der Waals surface area contributed by atoms with Crippen LogP contribution in [-0.4, -0.2) is 43.1 Å². The van der Waals surface area contributed by atoms with Gasteiger partial charge in [0.05, 0.1) is 36.4 Å². The van der Waals surface area contributed by atoms with Crippen molar-refractivity contribution in [1.29, 1.82) is 0 Å². The van der Waals surface area contributed by atoms with E-state index in [-0.39, 0.29) is 36.8 Å². The molecule has 0 saturated heterocycles. The zero-order valence-corrected chi connectivity index (χ0v) is 17.3. The third-order valence-corrected chi connectivity index (χ3v) is 4.47. The third-order valence-electron chi connectivity index (χ3n) is 4.47. The Balaban J connectivity index is 2.13. The molecule has 3 N–H and O–H groups in total. The maximum atomic E-state index is 12.4. The average molecular weight is 417 g/mol. The number of hydrogen-bond acceptors (Lipinski definition) is 6. The molecule has 162 valence electrons. The van der Waals surface area contributed by atoms with Crippen LogP contribution in [0.5, 0.6) is 0 Å². The molecule has 1 heterocycles. The second-order valence-corrected chi connectivity index (χ2v) is 6.70. The zero-order chi connectivity index (χ0) is 22.1. The molecule has 2 rings (SSSR count). The van der Waals surface area contributed by atoms with E-state index in [4.69, 9.17) is 9.47 Å². The number of urea groups is 1. The second kappa shape index (κ2) is 11.0. The number of ether oxygens (including phenoxy) is 2. The highest BCUT2D eigenvalue weighted by molar-refractivity contribution is 5.94. The normalized spacial score (nSPS) is 16.8. The van der Waals surface area contributed by atoms with Gasteiger partial charge in [-0.25, -0.2) is 9.59 Å². The van der Waals surface area contributed by atoms with Gasteiger partial charge in [-0.05, 0) is 18.9 Å². The van der Waals surface area contributed by atoms with Crippen LogP contribution in [0, 0.1) is 0 Å². The minimum absolute atomic E-state index is 0.102. The van der Waals surface area contributed by atoms with E-state index in [9.17, 15) is 19.2 Å². The van der Waals surface area contributed by atoms with E-state index in [1.807, 2.05) is 13.0 Å². The first kappa shape index (κ1) is 22.9. The standard InChI is InChI=1S/C21H27N3O6/c1-4-15-19(20(27)29-5-2)17(24-21(28)23-15)12-30-18(26)11-16(22-13(3)25)14-9-7-6-8-10-14/h6-10,15-16H,4-5,11-12H2,1-3H3,(H,22,25)(H2,23,24,28)/t15-,16+/m0/s1. The van der Waals surface area contributed by atoms with Crippen molar-refractivity contribution in [3.63, 3.8) is 0 Å². The molecule has 30 heavy (non-hydrogen) atoms. The summed E-state index contributed by atoms with van der Waals surface area (Å²) in [6.07, 6.45) is 0.368. The summed E-state index contributed by atoms with van der Waals surface area (Å²) in [4.78, 5) is 48.2. The summed E-state index contributed by atoms with van der Waals surface area (Å²) in [6, 6.07) is 7.47. The number of rotatable bonds is 9. The van der Waals surface area contributed by atoms with Gasteiger partial charge in [0.15, 0.2) is 0 Å². The Morgan fingerprint density at radius 3 is 2.43 bits per heavy atom. The fourth-order valence-corrected chi connectivity index (χ4v) is 3.14. The number of carbonyl (C=O) groups is 4. The molecular weight excluding hydrogens is 390 g/mol. The van der Waals surface area contributed by atoms with Gasteiger partial charge in [-0.15, -0.1) is 0 Å². The van der Waals surface area contributed by atoms with Crippen molar-refractivity contribution in [3.05, 3.63) is 47.2 Å². The van der Waals surface area contributed by atoms with E-state index in [1.54, 1.807) is 31.2 Å². The minimum Gasteiger partial charge on any atom is -0.463 e. The molecule has 0 spiro atoms. The maximum absolute atomic E-state index is 12.4. The van der Waals surface area contributed by atoms with Crippen LogP contribution in [0.3, 0.4) is 0 Å². The van der Waals surface area contributed by atoms with Crippen molar-refractivity contribution in [1.82, 2.24) is 16.0 Å². The van der Waals surface area contributed by atoms with Crippen molar-refractivity contribution < 1.29 is 28.7 Å². The predicted octanol–water partition coefficient (Wildman–Crippen LogP) is 1.71. The molecule has 9 nitrogen and oxygen atoms in total. The van der Waals surface area contributed by atoms with Crippen LogP contribution in [0.2, 0.25) is 0 Å². The third kappa shape index (κ3) is 6.33. The Morgan fingerprint density at radius 1 is 1.13 bits per heavy atom. The van der Waals surface area contributed by atoms with Crippen molar-refractivity contribution in [3.8, 4) is 0 Å². The van der Waals surface area contributed by atoms with Gasteiger partial charge < -0.3 is 25.4 Å². The van der Waals surface area contributed by atoms with Gasteiger partial charge >= 0.3 is 18.0 Å². The molecule has 1 aromatic rings. The van der Waals surface area contributed by atoms with E-state index < -0.39 is 30.1 Å². The molecular formula is C21H27N3O6. The highest BCUT2D eigenvalue weighted by Gasteiger charge is 2.32. The molecule has 0 radical (unpaired) electrons. The number of hydrogen-bond donors (Lipinski definition) is 3. The Morgan fingerprint density at radius 2 is 1.83 bits per heavy atom. The first-order valence-electron chi connectivity index (χ1n) is 9.81. The van der Waals surface area contributed by atoms with E-state index in [2.05, 4.69) is 16.0 Å². The first-order valence-corrected chi connectivity index (χ1v) is 9.81. The molecule has 0 fully saturated rings. The van der Waals surface area contributed by atoms with Gasteiger partial charge in [0.25, 0.3) is 0 Å². The number of amides is 3. The monoisotopic (exact) mass is 417 g/mol. The topological polar surface area (TPSA) is 123 Å². The van der Waals surface area contributed by atoms with Crippen LogP contribution in [0.15, 0.2) is 41.6 Å². The molecule has 1 aliphatic heterocycles. The maximum Gasteiger partial charge on any atom is 0.338 e. The van der Waals surface area contributed by atoms with Crippen molar-refractivity contribution in [2.75, 3.05) is 13.2 Å². The van der Waals surface area contributed by atoms with Gasteiger partial charge in [-0.3, -0.25) is 9.59 Å². The Hall–Kier alpha value is -3.36. The van der Waals surface area contributed by atoms with Gasteiger partial charge in [-0.1, -0.05) is 37.3 Å². The Bertz CT molecular complexity index is 821. The number of esters is 2. The molecule has 0 aromatic heterocycles. The lowest BCUT2D eigenvalue weighted by Gasteiger charge is -2.28. The highest BCUT2D eigenvalue weighted by atomic mass is 16.5. The number of carbonyl (C=O) groups excluding carboxylic acids is 4. The summed E-state index contributed by atoms with van der Waals surface area (Å²) in [6.45, 7) is 4.75. The van der Waals surface area contributed by atoms with Crippen LogP contribution in [0.4, 0.5) is 4.79 Å². The van der Waals surface area contributed by atoms with Gasteiger partial charge in [0.2, 0.25) is 5.91 Å². The van der Waals surface area contributed by atoms with Crippen molar-refractivity contribution in [2.24, 2.45) is 0 Å². The fraction of sp³-hybridized carbons (Fsp3) is 0.429. The quantitative estimate of drug-likeness (QED) is 0.526. The molecule has 1 aliphatic rings. The number of benzene rings is 1. The first-order chi connectivity index (χ1) is 14.3. The van der Waals surface area contributed by atoms with Crippen LogP contribution in [0.25, 0.3) is 0 Å². The van der Waals surface area contributed by atoms with Crippen molar-refractivity contribution >= 4 is 23.9 Å². The smallest absolute Gasteiger partial charge is 0.338 e. The van der Waals surface area contributed by atoms with Crippen LogP contribution in [0.1, 0.15) is 45.2 Å². The lowest BCUT2D eigenvalue weighted by molar-refractivity contribution is -0.144. The van der Waals surface area contributed by atoms with Crippen molar-refractivity contribution in [2.45, 2.75) is 45.7 Å². The summed E-state index contributed by atoms with van der Waals surface area (Å²) in [7, 11) is 0. The van der Waals surface area contributed by atoms with Gasteiger partial charge in [0.1, 0.15) is 6.61 Å². The number of nitrogens with one attached hydrogen (secondary N) is 3. The summed E-state index contributed by atoms with van der Waals surface area (Å²) in [5.74, 6) is -1.45. The highest BCUT2D eigenvalue weighted by Crippen LogP contribution is 2.20. The van der Waals surface area contributed by atoms with E-state index in [0.29, 0.717) is 6.42 Å². The Kier molecular flexibility index (Phi) is 8.40. The molecule has 9 heteroatoms. The van der Waals surface area contributed by atoms with Crippen LogP contribution in [-0.2, 0) is 23.9 Å². The van der Waals surface area contributed by atoms with E-state index >= 15 is 0 Å². The predicted molar refractivity (Wildman–Crippen MR) is 108 cm³/mol. The summed E-state index contributed by atoms with van der Waals surface area (Å²) in [5.41, 5.74) is 1.18. The SMILES string of the molecule is CCOC(=O)C1=C(COC(=O)C[C@@H](NC(C)=O)c2ccccc2)NC(=O)N[C@H]1CC. The minimum atomic E-state index is -0.589. The van der Waals surface area contributed by atoms with Crippen LogP contribution >= 0.6 is 0 Å². The van der Waals surface area contributed by atoms with Crippen LogP contribution < -0.4 is 16.0 Å². The average Bonchev–Trinajstić information content (AvgIpc) is 2.71. The second-order valence-electron chi connectivity index (χ2n) is 6.70. The van der Waals surface area contributed by atoms with E-state index in [1.165, 1.54) is 6.92 Å². The largest absolute Gasteiger partial charge is 0.463 e. The molecule has 3 amide bonds. The molecule has 2 atom stereocenters. The molecule has 0 saturated carbocycles. The summed E-state index contributed by atoms with van der Waals surface area (Å²) in [5, 5.41) is 7.90. The lowest BCUT2D eigenvalue weighted by atomic mass is 10.0. The zero-order valence-electron chi connectivity index (χ0n) is 17.3. The lowest BCUT2D eigenvalue weighted by Crippen LogP contribution is -2.51. The van der Waals surface area contributed by atoms with Gasteiger partial charge in [-0.2, -0.15) is 0 Å². The molecule has 0 bridgehead atoms. The van der Waals surface area contributed by atoms with Gasteiger partial charge in [0, 0.05) is 6.92 Å². The fourth-order valence-electron chi connectivity index (χ4n) is 3.14. The Labute approximate surface area is 175 Å². The molecule has 0 unspecified atom stereocenters. The summed E-state index contributed by atoms with van der Waals surface area (Å²) >= 11 is 0. The molecule has 0 aliphatic carbocycles. The molecule has 1 aromatic carbocycles. The van der Waals surface area contributed by atoms with E-state index in [0.717, 1.165) is 5.56 Å². The summed E-state index contributed by atoms with van der Waals surface area (Å²) < 4.78 is 10.4.